The fraction of sp³-hybridized carbons (Fsp3) is 0.417. The number of nitrogens with zero attached hydrogens (tertiary/aromatic N) is 1. The van der Waals surface area contributed by atoms with Gasteiger partial charge in [0.05, 0.1) is 10.0 Å². The molecule has 1 saturated carbocycles. The minimum Gasteiger partial charge on any atom is -0.352 e. The number of carbonyl (C=O) groups is 2. The van der Waals surface area contributed by atoms with Crippen LogP contribution in [0, 0.1) is 0 Å². The van der Waals surface area contributed by atoms with Crippen LogP contribution >= 0.6 is 23.2 Å². The minimum absolute atomic E-state index is 0.0661. The predicted octanol–water partition coefficient (Wildman–Crippen LogP) is 5.40. The van der Waals surface area contributed by atoms with Crippen molar-refractivity contribution in [2.75, 3.05) is 0 Å². The maximum Gasteiger partial charge on any atom is 0.243 e. The Balaban J connectivity index is 1.88. The highest BCUT2D eigenvalue weighted by Gasteiger charge is 2.31. The molecule has 0 spiro atoms. The van der Waals surface area contributed by atoms with E-state index in [1.54, 1.807) is 17.0 Å². The third kappa shape index (κ3) is 5.99. The molecule has 1 aliphatic carbocycles. The molecule has 0 radical (unpaired) electrons. The number of amides is 2. The van der Waals surface area contributed by atoms with Gasteiger partial charge in [0.2, 0.25) is 11.8 Å². The van der Waals surface area contributed by atoms with Gasteiger partial charge in [-0.15, -0.1) is 0 Å². The van der Waals surface area contributed by atoms with E-state index < -0.39 is 6.04 Å². The van der Waals surface area contributed by atoms with E-state index in [9.17, 15) is 9.59 Å². The van der Waals surface area contributed by atoms with Gasteiger partial charge in [0.15, 0.2) is 0 Å². The summed E-state index contributed by atoms with van der Waals surface area (Å²) in [5.41, 5.74) is 1.87. The first-order valence-electron chi connectivity index (χ1n) is 10.6. The molecule has 0 aromatic heterocycles. The van der Waals surface area contributed by atoms with Crippen LogP contribution in [0.3, 0.4) is 0 Å². The molecule has 3 rings (SSSR count). The Kier molecular flexibility index (Phi) is 8.17. The molecule has 30 heavy (non-hydrogen) atoms. The van der Waals surface area contributed by atoms with Crippen molar-refractivity contribution in [3.63, 3.8) is 0 Å². The van der Waals surface area contributed by atoms with Crippen LogP contribution in [0.4, 0.5) is 0 Å². The van der Waals surface area contributed by atoms with Crippen molar-refractivity contribution in [1.82, 2.24) is 10.2 Å². The summed E-state index contributed by atoms with van der Waals surface area (Å²) in [4.78, 5) is 27.9. The lowest BCUT2D eigenvalue weighted by Gasteiger charge is -2.32. The first-order chi connectivity index (χ1) is 14.5. The molecule has 2 aromatic rings. The molecule has 0 unspecified atom stereocenters. The zero-order valence-corrected chi connectivity index (χ0v) is 18.8. The Morgan fingerprint density at radius 2 is 1.73 bits per heavy atom. The molecule has 160 valence electrons. The van der Waals surface area contributed by atoms with Crippen molar-refractivity contribution in [3.05, 3.63) is 69.7 Å². The maximum atomic E-state index is 13.3. The number of nitrogens with one attached hydrogen (secondary N) is 1. The van der Waals surface area contributed by atoms with Crippen molar-refractivity contribution in [2.24, 2.45) is 0 Å². The molecular weight excluding hydrogens is 419 g/mol. The molecule has 0 heterocycles. The van der Waals surface area contributed by atoms with E-state index >= 15 is 0 Å². The number of benzene rings is 2. The van der Waals surface area contributed by atoms with Gasteiger partial charge in [0.1, 0.15) is 6.04 Å². The maximum absolute atomic E-state index is 13.3. The standard InChI is InChI=1S/C24H28Cl2N2O2/c1-2-23(29)28(16-18-12-13-20(25)21(26)14-18)22(15-17-8-4-3-5-9-17)24(30)27-19-10-6-7-11-19/h3-5,8-9,12-14,19,22H,2,6-7,10-11,15-16H2,1H3,(H,27,30)/t22-/m0/s1. The second kappa shape index (κ2) is 10.8. The van der Waals surface area contributed by atoms with Crippen LogP contribution in [-0.4, -0.2) is 28.8 Å². The smallest absolute Gasteiger partial charge is 0.243 e. The van der Waals surface area contributed by atoms with Gasteiger partial charge < -0.3 is 10.2 Å². The van der Waals surface area contributed by atoms with Gasteiger partial charge in [-0.25, -0.2) is 0 Å². The molecule has 1 aliphatic rings. The molecular formula is C24H28Cl2N2O2. The predicted molar refractivity (Wildman–Crippen MR) is 122 cm³/mol. The molecule has 6 heteroatoms. The van der Waals surface area contributed by atoms with Crippen molar-refractivity contribution in [1.29, 1.82) is 0 Å². The topological polar surface area (TPSA) is 49.4 Å². The average Bonchev–Trinajstić information content (AvgIpc) is 3.26. The van der Waals surface area contributed by atoms with E-state index in [1.807, 2.05) is 43.3 Å². The molecule has 2 amide bonds. The van der Waals surface area contributed by atoms with E-state index in [0.29, 0.717) is 29.4 Å². The molecule has 0 saturated heterocycles. The summed E-state index contributed by atoms with van der Waals surface area (Å²) in [5.74, 6) is -0.156. The van der Waals surface area contributed by atoms with Gasteiger partial charge >= 0.3 is 0 Å². The van der Waals surface area contributed by atoms with Gasteiger partial charge in [-0.3, -0.25) is 9.59 Å². The van der Waals surface area contributed by atoms with Crippen molar-refractivity contribution in [3.8, 4) is 0 Å². The Morgan fingerprint density at radius 3 is 2.37 bits per heavy atom. The highest BCUT2D eigenvalue weighted by molar-refractivity contribution is 6.42. The molecule has 1 atom stereocenters. The monoisotopic (exact) mass is 446 g/mol. The van der Waals surface area contributed by atoms with Crippen LogP contribution in [0.2, 0.25) is 10.0 Å². The van der Waals surface area contributed by atoms with Crippen LogP contribution in [-0.2, 0) is 22.6 Å². The van der Waals surface area contributed by atoms with Crippen LogP contribution in [0.15, 0.2) is 48.5 Å². The lowest BCUT2D eigenvalue weighted by molar-refractivity contribution is -0.141. The van der Waals surface area contributed by atoms with Crippen LogP contribution in [0.25, 0.3) is 0 Å². The second-order valence-corrected chi connectivity index (χ2v) is 8.63. The Labute approximate surface area is 188 Å². The largest absolute Gasteiger partial charge is 0.352 e. The number of rotatable bonds is 8. The summed E-state index contributed by atoms with van der Waals surface area (Å²) in [6, 6.07) is 14.8. The van der Waals surface area contributed by atoms with Gasteiger partial charge in [-0.1, -0.05) is 79.4 Å². The van der Waals surface area contributed by atoms with Gasteiger partial charge in [0, 0.05) is 25.4 Å². The third-order valence-corrected chi connectivity index (χ3v) is 6.35. The number of carbonyl (C=O) groups excluding carboxylic acids is 2. The number of hydrogen-bond donors (Lipinski definition) is 1. The van der Waals surface area contributed by atoms with Gasteiger partial charge in [-0.05, 0) is 36.1 Å². The fourth-order valence-electron chi connectivity index (χ4n) is 3.96. The normalized spacial score (nSPS) is 15.0. The Morgan fingerprint density at radius 1 is 1.03 bits per heavy atom. The molecule has 0 aliphatic heterocycles. The quantitative estimate of drug-likeness (QED) is 0.589. The lowest BCUT2D eigenvalue weighted by atomic mass is 10.0. The first-order valence-corrected chi connectivity index (χ1v) is 11.3. The average molecular weight is 447 g/mol. The zero-order valence-electron chi connectivity index (χ0n) is 17.2. The van der Waals surface area contributed by atoms with Crippen molar-refractivity contribution in [2.45, 2.75) is 64.1 Å². The third-order valence-electron chi connectivity index (χ3n) is 5.61. The Bertz CT molecular complexity index is 867. The first kappa shape index (κ1) is 22.6. The molecule has 4 nitrogen and oxygen atoms in total. The second-order valence-electron chi connectivity index (χ2n) is 7.82. The molecule has 2 aromatic carbocycles. The van der Waals surface area contributed by atoms with E-state index in [2.05, 4.69) is 5.32 Å². The fourth-order valence-corrected chi connectivity index (χ4v) is 4.28. The SMILES string of the molecule is CCC(=O)N(Cc1ccc(Cl)c(Cl)c1)[C@@H](Cc1ccccc1)C(=O)NC1CCCC1. The van der Waals surface area contributed by atoms with E-state index in [0.717, 1.165) is 36.8 Å². The lowest BCUT2D eigenvalue weighted by Crippen LogP contribution is -2.52. The van der Waals surface area contributed by atoms with E-state index in [4.69, 9.17) is 23.2 Å². The zero-order chi connectivity index (χ0) is 21.5. The highest BCUT2D eigenvalue weighted by atomic mass is 35.5. The number of hydrogen-bond acceptors (Lipinski definition) is 2. The number of halogens is 2. The summed E-state index contributed by atoms with van der Waals surface area (Å²) in [6.07, 6.45) is 5.05. The van der Waals surface area contributed by atoms with E-state index in [1.165, 1.54) is 0 Å². The summed E-state index contributed by atoms with van der Waals surface area (Å²) >= 11 is 12.2. The summed E-state index contributed by atoms with van der Waals surface area (Å²) in [6.45, 7) is 2.12. The summed E-state index contributed by atoms with van der Waals surface area (Å²) in [7, 11) is 0. The van der Waals surface area contributed by atoms with Crippen LogP contribution in [0.1, 0.15) is 50.2 Å². The van der Waals surface area contributed by atoms with Crippen molar-refractivity contribution >= 4 is 35.0 Å². The van der Waals surface area contributed by atoms with E-state index in [-0.39, 0.29) is 17.9 Å². The van der Waals surface area contributed by atoms with Crippen molar-refractivity contribution < 1.29 is 9.59 Å². The molecule has 1 N–H and O–H groups in total. The van der Waals surface area contributed by atoms with Crippen LogP contribution in [0.5, 0.6) is 0 Å². The molecule has 1 fully saturated rings. The Hall–Kier alpha value is -2.04. The van der Waals surface area contributed by atoms with Gasteiger partial charge in [-0.2, -0.15) is 0 Å². The highest BCUT2D eigenvalue weighted by Crippen LogP contribution is 2.25. The minimum atomic E-state index is -0.588. The molecule has 0 bridgehead atoms. The van der Waals surface area contributed by atoms with Gasteiger partial charge in [0.25, 0.3) is 0 Å². The summed E-state index contributed by atoms with van der Waals surface area (Å²) < 4.78 is 0. The summed E-state index contributed by atoms with van der Waals surface area (Å²) in [5, 5.41) is 4.09. The van der Waals surface area contributed by atoms with Crippen LogP contribution < -0.4 is 5.32 Å².